The molecule has 108 valence electrons. The molecule has 0 aliphatic carbocycles. The van der Waals surface area contributed by atoms with Crippen LogP contribution in [0.3, 0.4) is 0 Å². The number of amides is 1. The molecule has 1 aliphatic heterocycles. The standard InChI is InChI=1S/C19H21NO/c21-19(12-11-16-7-3-1-4-8-16)20-14-18(15-20)13-17-9-5-2-6-10-17/h1-10,18H,11-15H2. The van der Waals surface area contributed by atoms with Crippen LogP contribution in [0.4, 0.5) is 0 Å². The lowest BCUT2D eigenvalue weighted by molar-refractivity contribution is -0.137. The molecule has 0 spiro atoms. The number of hydrogen-bond donors (Lipinski definition) is 0. The minimum absolute atomic E-state index is 0.295. The maximum Gasteiger partial charge on any atom is 0.222 e. The van der Waals surface area contributed by atoms with E-state index in [0.717, 1.165) is 25.9 Å². The summed E-state index contributed by atoms with van der Waals surface area (Å²) in [5.74, 6) is 0.927. The molecule has 1 aliphatic rings. The van der Waals surface area contributed by atoms with Crippen molar-refractivity contribution in [1.82, 2.24) is 4.90 Å². The van der Waals surface area contributed by atoms with Crippen LogP contribution in [0.25, 0.3) is 0 Å². The van der Waals surface area contributed by atoms with Crippen molar-refractivity contribution < 1.29 is 4.79 Å². The Kier molecular flexibility index (Phi) is 4.34. The van der Waals surface area contributed by atoms with Gasteiger partial charge in [0.1, 0.15) is 0 Å². The fraction of sp³-hybridized carbons (Fsp3) is 0.316. The van der Waals surface area contributed by atoms with Gasteiger partial charge in [-0.1, -0.05) is 60.7 Å². The molecule has 2 heteroatoms. The first-order chi connectivity index (χ1) is 10.3. The third-order valence-corrected chi connectivity index (χ3v) is 4.15. The summed E-state index contributed by atoms with van der Waals surface area (Å²) in [5, 5.41) is 0. The first-order valence-electron chi connectivity index (χ1n) is 7.67. The molecule has 3 rings (SSSR count). The molecule has 2 aromatic carbocycles. The van der Waals surface area contributed by atoms with E-state index >= 15 is 0 Å². The predicted octanol–water partition coefficient (Wildman–Crippen LogP) is 3.32. The third-order valence-electron chi connectivity index (χ3n) is 4.15. The monoisotopic (exact) mass is 279 g/mol. The second-order valence-electron chi connectivity index (χ2n) is 5.84. The smallest absolute Gasteiger partial charge is 0.222 e. The molecule has 1 amide bonds. The maximum atomic E-state index is 12.1. The summed E-state index contributed by atoms with van der Waals surface area (Å²) in [7, 11) is 0. The largest absolute Gasteiger partial charge is 0.342 e. The predicted molar refractivity (Wildman–Crippen MR) is 85.0 cm³/mol. The normalized spacial score (nSPS) is 14.8. The number of carbonyl (C=O) groups excluding carboxylic acids is 1. The third kappa shape index (κ3) is 3.72. The van der Waals surface area contributed by atoms with Gasteiger partial charge in [0, 0.05) is 19.5 Å². The zero-order valence-corrected chi connectivity index (χ0v) is 12.2. The van der Waals surface area contributed by atoms with Crippen molar-refractivity contribution in [3.8, 4) is 0 Å². The van der Waals surface area contributed by atoms with Crippen LogP contribution in [0.2, 0.25) is 0 Å². The van der Waals surface area contributed by atoms with E-state index < -0.39 is 0 Å². The molecule has 0 N–H and O–H groups in total. The summed E-state index contributed by atoms with van der Waals surface area (Å²) >= 11 is 0. The summed E-state index contributed by atoms with van der Waals surface area (Å²) in [6, 6.07) is 20.8. The number of hydrogen-bond acceptors (Lipinski definition) is 1. The molecule has 1 fully saturated rings. The lowest BCUT2D eigenvalue weighted by Gasteiger charge is -2.39. The van der Waals surface area contributed by atoms with Gasteiger partial charge in [0.15, 0.2) is 0 Å². The van der Waals surface area contributed by atoms with Gasteiger partial charge >= 0.3 is 0 Å². The van der Waals surface area contributed by atoms with E-state index in [4.69, 9.17) is 0 Å². The summed E-state index contributed by atoms with van der Waals surface area (Å²) < 4.78 is 0. The van der Waals surface area contributed by atoms with Crippen molar-refractivity contribution in [2.24, 2.45) is 5.92 Å². The van der Waals surface area contributed by atoms with E-state index in [1.54, 1.807) is 0 Å². The van der Waals surface area contributed by atoms with Gasteiger partial charge in [-0.3, -0.25) is 4.79 Å². The fourth-order valence-corrected chi connectivity index (χ4v) is 2.90. The van der Waals surface area contributed by atoms with E-state index in [-0.39, 0.29) is 0 Å². The van der Waals surface area contributed by atoms with Crippen LogP contribution in [-0.4, -0.2) is 23.9 Å². The molecule has 2 aromatic rings. The average molecular weight is 279 g/mol. The number of rotatable bonds is 5. The summed E-state index contributed by atoms with van der Waals surface area (Å²) in [6.07, 6.45) is 2.56. The van der Waals surface area contributed by atoms with E-state index in [9.17, 15) is 4.79 Å². The number of likely N-dealkylation sites (tertiary alicyclic amines) is 1. The lowest BCUT2D eigenvalue weighted by atomic mass is 9.91. The van der Waals surface area contributed by atoms with Crippen LogP contribution < -0.4 is 0 Å². The maximum absolute atomic E-state index is 12.1. The number of carbonyl (C=O) groups is 1. The van der Waals surface area contributed by atoms with E-state index in [1.807, 2.05) is 29.2 Å². The van der Waals surface area contributed by atoms with Crippen LogP contribution in [0.15, 0.2) is 60.7 Å². The minimum Gasteiger partial charge on any atom is -0.342 e. The van der Waals surface area contributed by atoms with Gasteiger partial charge in [-0.2, -0.15) is 0 Å². The van der Waals surface area contributed by atoms with E-state index in [2.05, 4.69) is 36.4 Å². The molecule has 21 heavy (non-hydrogen) atoms. The SMILES string of the molecule is O=C(CCc1ccccc1)N1CC(Cc2ccccc2)C1. The molecule has 0 unspecified atom stereocenters. The summed E-state index contributed by atoms with van der Waals surface area (Å²) in [4.78, 5) is 14.1. The molecular weight excluding hydrogens is 258 g/mol. The van der Waals surface area contributed by atoms with Crippen LogP contribution >= 0.6 is 0 Å². The highest BCUT2D eigenvalue weighted by Crippen LogP contribution is 2.21. The Labute approximate surface area is 126 Å². The Morgan fingerprint density at radius 3 is 2.10 bits per heavy atom. The van der Waals surface area contributed by atoms with Crippen molar-refractivity contribution in [3.05, 3.63) is 71.8 Å². The highest BCUT2D eigenvalue weighted by molar-refractivity contribution is 5.77. The Morgan fingerprint density at radius 1 is 0.905 bits per heavy atom. The van der Waals surface area contributed by atoms with Gasteiger partial charge in [0.25, 0.3) is 0 Å². The van der Waals surface area contributed by atoms with Gasteiger partial charge in [0.05, 0.1) is 0 Å². The molecule has 0 bridgehead atoms. The Bertz CT molecular complexity index is 573. The molecule has 1 saturated heterocycles. The quantitative estimate of drug-likeness (QED) is 0.822. The van der Waals surface area contributed by atoms with Gasteiger partial charge in [-0.05, 0) is 29.9 Å². The lowest BCUT2D eigenvalue weighted by Crippen LogP contribution is -2.50. The molecular formula is C19H21NO. The summed E-state index contributed by atoms with van der Waals surface area (Å²) in [6.45, 7) is 1.84. The molecule has 1 heterocycles. The van der Waals surface area contributed by atoms with Crippen LogP contribution in [-0.2, 0) is 17.6 Å². The zero-order chi connectivity index (χ0) is 14.5. The fourth-order valence-electron chi connectivity index (χ4n) is 2.90. The number of aryl methyl sites for hydroxylation is 1. The topological polar surface area (TPSA) is 20.3 Å². The Balaban J connectivity index is 1.40. The van der Waals surface area contributed by atoms with Crippen LogP contribution in [0.1, 0.15) is 17.5 Å². The summed E-state index contributed by atoms with van der Waals surface area (Å²) in [5.41, 5.74) is 2.62. The van der Waals surface area contributed by atoms with Crippen molar-refractivity contribution >= 4 is 5.91 Å². The Hall–Kier alpha value is -2.09. The first-order valence-corrected chi connectivity index (χ1v) is 7.67. The number of nitrogens with zero attached hydrogens (tertiary/aromatic N) is 1. The second kappa shape index (κ2) is 6.57. The van der Waals surface area contributed by atoms with E-state index in [0.29, 0.717) is 18.2 Å². The van der Waals surface area contributed by atoms with E-state index in [1.165, 1.54) is 11.1 Å². The molecule has 0 atom stereocenters. The average Bonchev–Trinajstić information content (AvgIpc) is 2.50. The van der Waals surface area contributed by atoms with Gasteiger partial charge < -0.3 is 4.90 Å². The highest BCUT2D eigenvalue weighted by Gasteiger charge is 2.29. The van der Waals surface area contributed by atoms with Crippen molar-refractivity contribution in [2.45, 2.75) is 19.3 Å². The minimum atomic E-state index is 0.295. The van der Waals surface area contributed by atoms with Crippen molar-refractivity contribution in [2.75, 3.05) is 13.1 Å². The van der Waals surface area contributed by atoms with Crippen LogP contribution in [0.5, 0.6) is 0 Å². The van der Waals surface area contributed by atoms with Gasteiger partial charge in [-0.15, -0.1) is 0 Å². The van der Waals surface area contributed by atoms with Gasteiger partial charge in [-0.25, -0.2) is 0 Å². The first kappa shape index (κ1) is 13.9. The van der Waals surface area contributed by atoms with Crippen LogP contribution in [0, 0.1) is 5.92 Å². The molecule has 0 saturated carbocycles. The molecule has 0 radical (unpaired) electrons. The molecule has 0 aromatic heterocycles. The highest BCUT2D eigenvalue weighted by atomic mass is 16.2. The van der Waals surface area contributed by atoms with Gasteiger partial charge in [0.2, 0.25) is 5.91 Å². The van der Waals surface area contributed by atoms with Crippen molar-refractivity contribution in [3.63, 3.8) is 0 Å². The van der Waals surface area contributed by atoms with Crippen molar-refractivity contribution in [1.29, 1.82) is 0 Å². The second-order valence-corrected chi connectivity index (χ2v) is 5.84. The zero-order valence-electron chi connectivity index (χ0n) is 12.2. The molecule has 2 nitrogen and oxygen atoms in total. The number of benzene rings is 2. The Morgan fingerprint density at radius 2 is 1.48 bits per heavy atom.